The molecule has 0 aliphatic carbocycles. The zero-order chi connectivity index (χ0) is 24.1. The maximum atomic E-state index is 13.0. The number of amides is 1. The molecule has 1 fully saturated rings. The van der Waals surface area contributed by atoms with Crippen LogP contribution in [0.1, 0.15) is 24.0 Å². The van der Waals surface area contributed by atoms with Gasteiger partial charge in [0, 0.05) is 19.5 Å². The van der Waals surface area contributed by atoms with Gasteiger partial charge in [-0.25, -0.2) is 17.5 Å². The number of sulfonamides is 1. The topological polar surface area (TPSA) is 84.9 Å². The monoisotopic (exact) mass is 484 g/mol. The number of hydrogen-bond acceptors (Lipinski definition) is 5. The second-order valence-electron chi connectivity index (χ2n) is 7.87. The van der Waals surface area contributed by atoms with E-state index in [0.29, 0.717) is 36.8 Å². The number of benzene rings is 3. The van der Waals surface area contributed by atoms with Crippen LogP contribution in [-0.4, -0.2) is 28.0 Å². The summed E-state index contributed by atoms with van der Waals surface area (Å²) in [7, 11) is -2.33. The average molecular weight is 485 g/mol. The fourth-order valence-corrected chi connectivity index (χ4v) is 4.70. The molecule has 0 aromatic heterocycles. The Morgan fingerprint density at radius 2 is 1.71 bits per heavy atom. The quantitative estimate of drug-likeness (QED) is 0.496. The number of hydrogen-bond donors (Lipinski definition) is 1. The molecule has 0 radical (unpaired) electrons. The number of nitrogens with one attached hydrogen (secondary N) is 1. The number of carbonyl (C=O) groups is 1. The van der Waals surface area contributed by atoms with E-state index in [0.717, 1.165) is 17.5 Å². The van der Waals surface area contributed by atoms with Crippen molar-refractivity contribution in [3.05, 3.63) is 83.7 Å². The molecule has 3 aromatic carbocycles. The Hall–Kier alpha value is -3.43. The minimum atomic E-state index is -3.82. The lowest BCUT2D eigenvalue weighted by atomic mass is 10.2. The summed E-state index contributed by atoms with van der Waals surface area (Å²) in [6.45, 7) is 0.915. The summed E-state index contributed by atoms with van der Waals surface area (Å²) in [5.74, 6) is 0.713. The Morgan fingerprint density at radius 3 is 2.35 bits per heavy atom. The number of methoxy groups -OCH3 is 1. The molecule has 1 aliphatic heterocycles. The molecular formula is C25H25FN2O5S. The minimum Gasteiger partial charge on any atom is -0.495 e. The molecule has 3 aromatic rings. The predicted octanol–water partition coefficient (Wildman–Crippen LogP) is 4.02. The summed E-state index contributed by atoms with van der Waals surface area (Å²) in [6.07, 6.45) is 1.16. The summed E-state index contributed by atoms with van der Waals surface area (Å²) in [5.41, 5.74) is 2.05. The van der Waals surface area contributed by atoms with Gasteiger partial charge in [0.25, 0.3) is 0 Å². The Morgan fingerprint density at radius 1 is 1.00 bits per heavy atom. The summed E-state index contributed by atoms with van der Waals surface area (Å²) >= 11 is 0. The molecule has 9 heteroatoms. The van der Waals surface area contributed by atoms with Crippen molar-refractivity contribution in [2.75, 3.05) is 18.6 Å². The van der Waals surface area contributed by atoms with Crippen molar-refractivity contribution >= 4 is 21.6 Å². The Labute approximate surface area is 198 Å². The third-order valence-corrected chi connectivity index (χ3v) is 6.93. The fourth-order valence-electron chi connectivity index (χ4n) is 3.66. The number of ether oxygens (including phenoxy) is 2. The highest BCUT2D eigenvalue weighted by Gasteiger charge is 2.26. The molecule has 0 unspecified atom stereocenters. The van der Waals surface area contributed by atoms with Crippen LogP contribution in [0.4, 0.5) is 10.1 Å². The normalized spacial score (nSPS) is 13.8. The van der Waals surface area contributed by atoms with Gasteiger partial charge in [-0.2, -0.15) is 0 Å². The third kappa shape index (κ3) is 5.55. The maximum Gasteiger partial charge on any atom is 0.240 e. The van der Waals surface area contributed by atoms with Gasteiger partial charge in [-0.1, -0.05) is 24.3 Å². The van der Waals surface area contributed by atoms with Crippen LogP contribution in [0.25, 0.3) is 0 Å². The van der Waals surface area contributed by atoms with E-state index in [1.807, 2.05) is 0 Å². The van der Waals surface area contributed by atoms with E-state index in [1.165, 1.54) is 31.4 Å². The van der Waals surface area contributed by atoms with Gasteiger partial charge in [0.1, 0.15) is 23.9 Å². The van der Waals surface area contributed by atoms with Crippen molar-refractivity contribution in [2.45, 2.75) is 30.9 Å². The van der Waals surface area contributed by atoms with E-state index in [4.69, 9.17) is 9.47 Å². The van der Waals surface area contributed by atoms with Gasteiger partial charge in [-0.3, -0.25) is 4.79 Å². The van der Waals surface area contributed by atoms with Crippen LogP contribution >= 0.6 is 0 Å². The molecule has 1 N–H and O–H groups in total. The standard InChI is InChI=1S/C25H25FN2O5S/c1-32-24-13-12-22(15-23(24)28-14-2-3-25(28)29)34(30,31)27-16-18-6-10-21(11-7-18)33-17-19-4-8-20(26)9-5-19/h4-13,15,27H,2-3,14,16-17H2,1H3. The van der Waals surface area contributed by atoms with Crippen LogP contribution in [0.2, 0.25) is 0 Å². The van der Waals surface area contributed by atoms with Crippen LogP contribution in [0, 0.1) is 5.82 Å². The first kappa shape index (κ1) is 23.7. The lowest BCUT2D eigenvalue weighted by molar-refractivity contribution is -0.117. The van der Waals surface area contributed by atoms with E-state index in [-0.39, 0.29) is 23.2 Å². The smallest absolute Gasteiger partial charge is 0.240 e. The van der Waals surface area contributed by atoms with Crippen molar-refractivity contribution < 1.29 is 27.1 Å². The van der Waals surface area contributed by atoms with E-state index >= 15 is 0 Å². The third-order valence-electron chi connectivity index (χ3n) is 5.53. The predicted molar refractivity (Wildman–Crippen MR) is 126 cm³/mol. The largest absolute Gasteiger partial charge is 0.495 e. The van der Waals surface area contributed by atoms with Gasteiger partial charge in [0.05, 0.1) is 17.7 Å². The van der Waals surface area contributed by atoms with E-state index in [9.17, 15) is 17.6 Å². The fraction of sp³-hybridized carbons (Fsp3) is 0.240. The first-order valence-corrected chi connectivity index (χ1v) is 12.3. The molecule has 0 saturated carbocycles. The van der Waals surface area contributed by atoms with Crippen LogP contribution in [0.15, 0.2) is 71.6 Å². The highest BCUT2D eigenvalue weighted by Crippen LogP contribution is 2.33. The maximum absolute atomic E-state index is 13.0. The van der Waals surface area contributed by atoms with Gasteiger partial charge < -0.3 is 14.4 Å². The molecule has 1 amide bonds. The van der Waals surface area contributed by atoms with Crippen molar-refractivity contribution in [1.82, 2.24) is 4.72 Å². The molecule has 4 rings (SSSR count). The lowest BCUT2D eigenvalue weighted by Gasteiger charge is -2.20. The molecule has 1 heterocycles. The van der Waals surface area contributed by atoms with Crippen molar-refractivity contribution in [3.63, 3.8) is 0 Å². The van der Waals surface area contributed by atoms with Crippen molar-refractivity contribution in [2.24, 2.45) is 0 Å². The molecule has 178 valence electrons. The highest BCUT2D eigenvalue weighted by atomic mass is 32.2. The van der Waals surface area contributed by atoms with E-state index in [2.05, 4.69) is 4.72 Å². The molecule has 1 aliphatic rings. The summed E-state index contributed by atoms with van der Waals surface area (Å²) in [4.78, 5) is 13.8. The number of halogens is 1. The summed E-state index contributed by atoms with van der Waals surface area (Å²) in [5, 5.41) is 0. The molecule has 7 nitrogen and oxygen atoms in total. The van der Waals surface area contributed by atoms with E-state index in [1.54, 1.807) is 47.4 Å². The van der Waals surface area contributed by atoms with Crippen molar-refractivity contribution in [3.8, 4) is 11.5 Å². The van der Waals surface area contributed by atoms with Crippen molar-refractivity contribution in [1.29, 1.82) is 0 Å². The van der Waals surface area contributed by atoms with Gasteiger partial charge in [-0.15, -0.1) is 0 Å². The van der Waals surface area contributed by atoms with Crippen LogP contribution < -0.4 is 19.1 Å². The molecule has 1 saturated heterocycles. The van der Waals surface area contributed by atoms with Gasteiger partial charge >= 0.3 is 0 Å². The molecular weight excluding hydrogens is 459 g/mol. The molecule has 0 spiro atoms. The highest BCUT2D eigenvalue weighted by molar-refractivity contribution is 7.89. The molecule has 34 heavy (non-hydrogen) atoms. The zero-order valence-electron chi connectivity index (χ0n) is 18.7. The lowest BCUT2D eigenvalue weighted by Crippen LogP contribution is -2.26. The Balaban J connectivity index is 1.40. The van der Waals surface area contributed by atoms with Gasteiger partial charge in [0.15, 0.2) is 0 Å². The second-order valence-corrected chi connectivity index (χ2v) is 9.63. The summed E-state index contributed by atoms with van der Waals surface area (Å²) in [6, 6.07) is 17.6. The first-order valence-electron chi connectivity index (χ1n) is 10.8. The van der Waals surface area contributed by atoms with Crippen LogP contribution in [0.3, 0.4) is 0 Å². The Bertz CT molecular complexity index is 1260. The second kappa shape index (κ2) is 10.2. The molecule has 0 bridgehead atoms. The summed E-state index contributed by atoms with van der Waals surface area (Å²) < 4.78 is 52.4. The van der Waals surface area contributed by atoms with Crippen LogP contribution in [0.5, 0.6) is 11.5 Å². The SMILES string of the molecule is COc1ccc(S(=O)(=O)NCc2ccc(OCc3ccc(F)cc3)cc2)cc1N1CCCC1=O. The number of nitrogens with zero attached hydrogens (tertiary/aromatic N) is 1. The van der Waals surface area contributed by atoms with Crippen LogP contribution in [-0.2, 0) is 28.0 Å². The zero-order valence-corrected chi connectivity index (χ0v) is 19.5. The first-order chi connectivity index (χ1) is 16.4. The Kier molecular flexibility index (Phi) is 7.14. The average Bonchev–Trinajstić information content (AvgIpc) is 3.28. The van der Waals surface area contributed by atoms with Gasteiger partial charge in [-0.05, 0) is 60.0 Å². The molecule has 0 atom stereocenters. The minimum absolute atomic E-state index is 0.0532. The number of anilines is 1. The number of rotatable bonds is 9. The number of carbonyl (C=O) groups excluding carboxylic acids is 1. The van der Waals surface area contributed by atoms with Gasteiger partial charge in [0.2, 0.25) is 15.9 Å². The van der Waals surface area contributed by atoms with E-state index < -0.39 is 10.0 Å².